The predicted molar refractivity (Wildman–Crippen MR) is 109 cm³/mol. The van der Waals surface area contributed by atoms with E-state index in [1.807, 2.05) is 45.0 Å². The molecule has 1 aliphatic carbocycles. The van der Waals surface area contributed by atoms with Crippen LogP contribution in [-0.4, -0.2) is 21.2 Å². The maximum atomic E-state index is 12.4. The van der Waals surface area contributed by atoms with Crippen molar-refractivity contribution >= 4 is 17.1 Å². The van der Waals surface area contributed by atoms with Crippen LogP contribution < -0.4 is 11.0 Å². The molecule has 0 spiro atoms. The fourth-order valence-corrected chi connectivity index (χ4v) is 3.80. The molecule has 1 atom stereocenters. The summed E-state index contributed by atoms with van der Waals surface area (Å²) in [7, 11) is 0. The minimum absolute atomic E-state index is 0.0653. The van der Waals surface area contributed by atoms with E-state index in [1.165, 1.54) is 5.56 Å². The molecule has 146 valence electrons. The highest BCUT2D eigenvalue weighted by Gasteiger charge is 2.26. The largest absolute Gasteiger partial charge is 0.444 e. The number of aromatic amines is 1. The first-order chi connectivity index (χ1) is 13.3. The van der Waals surface area contributed by atoms with Crippen molar-refractivity contribution in [2.24, 2.45) is 0 Å². The first-order valence-electron chi connectivity index (χ1n) is 9.59. The molecule has 4 rings (SSSR count). The number of imidazole rings is 1. The minimum atomic E-state index is -0.524. The Morgan fingerprint density at radius 3 is 2.82 bits per heavy atom. The van der Waals surface area contributed by atoms with Gasteiger partial charge in [-0.15, -0.1) is 0 Å². The quantitative estimate of drug-likeness (QED) is 0.725. The lowest BCUT2D eigenvalue weighted by molar-refractivity contribution is 0.0503. The first-order valence-corrected chi connectivity index (χ1v) is 9.59. The molecule has 0 saturated heterocycles. The van der Waals surface area contributed by atoms with Crippen molar-refractivity contribution in [2.45, 2.75) is 51.8 Å². The third kappa shape index (κ3) is 3.67. The number of ether oxygens (including phenoxy) is 1. The predicted octanol–water partition coefficient (Wildman–Crippen LogP) is 3.89. The van der Waals surface area contributed by atoms with Crippen LogP contribution in [0.15, 0.2) is 47.3 Å². The minimum Gasteiger partial charge on any atom is -0.444 e. The fourth-order valence-electron chi connectivity index (χ4n) is 3.80. The summed E-state index contributed by atoms with van der Waals surface area (Å²) in [5, 5.41) is 2.98. The third-order valence-electron chi connectivity index (χ3n) is 5.00. The zero-order valence-electron chi connectivity index (χ0n) is 16.4. The second kappa shape index (κ2) is 6.86. The number of rotatable bonds is 3. The van der Waals surface area contributed by atoms with Crippen LogP contribution in [0.4, 0.5) is 4.79 Å². The number of benzene rings is 2. The van der Waals surface area contributed by atoms with Crippen molar-refractivity contribution in [1.82, 2.24) is 14.9 Å². The lowest BCUT2D eigenvalue weighted by atomic mass is 10.0. The molecule has 6 nitrogen and oxygen atoms in total. The monoisotopic (exact) mass is 379 g/mol. The number of carbonyl (C=O) groups is 1. The van der Waals surface area contributed by atoms with Gasteiger partial charge in [0, 0.05) is 0 Å². The zero-order valence-corrected chi connectivity index (χ0v) is 16.4. The molecule has 0 bridgehead atoms. The van der Waals surface area contributed by atoms with Crippen molar-refractivity contribution in [3.63, 3.8) is 0 Å². The summed E-state index contributed by atoms with van der Waals surface area (Å²) in [6.45, 7) is 6.04. The Morgan fingerprint density at radius 1 is 1.25 bits per heavy atom. The molecule has 1 unspecified atom stereocenters. The maximum absolute atomic E-state index is 12.4. The highest BCUT2D eigenvalue weighted by Crippen LogP contribution is 2.32. The second-order valence-corrected chi connectivity index (χ2v) is 8.30. The van der Waals surface area contributed by atoms with Crippen molar-refractivity contribution in [3.05, 3.63) is 69.6 Å². The zero-order chi connectivity index (χ0) is 19.9. The smallest absolute Gasteiger partial charge is 0.408 e. The Labute approximate surface area is 163 Å². The van der Waals surface area contributed by atoms with Gasteiger partial charge in [-0.05, 0) is 62.4 Å². The molecule has 2 N–H and O–H groups in total. The van der Waals surface area contributed by atoms with E-state index in [2.05, 4.69) is 28.5 Å². The summed E-state index contributed by atoms with van der Waals surface area (Å²) in [5.41, 5.74) is 4.44. The highest BCUT2D eigenvalue weighted by atomic mass is 16.6. The summed E-state index contributed by atoms with van der Waals surface area (Å²) < 4.78 is 7.13. The van der Waals surface area contributed by atoms with E-state index >= 15 is 0 Å². The van der Waals surface area contributed by atoms with E-state index in [9.17, 15) is 9.59 Å². The van der Waals surface area contributed by atoms with Crippen molar-refractivity contribution < 1.29 is 9.53 Å². The van der Waals surface area contributed by atoms with E-state index < -0.39 is 11.7 Å². The number of hydrogen-bond donors (Lipinski definition) is 2. The number of aromatic nitrogens is 2. The number of nitrogens with zero attached hydrogens (tertiary/aromatic N) is 1. The van der Waals surface area contributed by atoms with Crippen LogP contribution in [0.2, 0.25) is 0 Å². The normalized spacial score (nSPS) is 16.2. The second-order valence-electron chi connectivity index (χ2n) is 8.30. The summed E-state index contributed by atoms with van der Waals surface area (Å²) in [6, 6.07) is 13.9. The topological polar surface area (TPSA) is 76.1 Å². The SMILES string of the molecule is CC(C)(C)OC(=O)NC1CCc2ccc(Cn3c(=O)[nH]c4ccccc43)cc21. The van der Waals surface area contributed by atoms with Gasteiger partial charge in [-0.2, -0.15) is 0 Å². The molecule has 1 amide bonds. The number of hydrogen-bond acceptors (Lipinski definition) is 3. The van der Waals surface area contributed by atoms with E-state index in [4.69, 9.17) is 4.74 Å². The third-order valence-corrected chi connectivity index (χ3v) is 5.00. The number of fused-ring (bicyclic) bond motifs is 2. The first kappa shape index (κ1) is 18.3. The van der Waals surface area contributed by atoms with Gasteiger partial charge >= 0.3 is 11.8 Å². The molecule has 2 aromatic carbocycles. The van der Waals surface area contributed by atoms with Crippen LogP contribution in [0.1, 0.15) is 49.9 Å². The summed E-state index contributed by atoms with van der Waals surface area (Å²) >= 11 is 0. The Hall–Kier alpha value is -3.02. The number of para-hydroxylation sites is 2. The van der Waals surface area contributed by atoms with Crippen molar-refractivity contribution in [3.8, 4) is 0 Å². The van der Waals surface area contributed by atoms with Crippen molar-refractivity contribution in [2.75, 3.05) is 0 Å². The van der Waals surface area contributed by atoms with Crippen LogP contribution in [0.5, 0.6) is 0 Å². The van der Waals surface area contributed by atoms with Gasteiger partial charge in [-0.1, -0.05) is 30.3 Å². The molecular weight excluding hydrogens is 354 g/mol. The van der Waals surface area contributed by atoms with Gasteiger partial charge in [0.25, 0.3) is 0 Å². The Morgan fingerprint density at radius 2 is 2.04 bits per heavy atom. The molecule has 3 aromatic rings. The maximum Gasteiger partial charge on any atom is 0.408 e. The standard InChI is InChI=1S/C22H25N3O3/c1-22(2,3)28-21(27)24-17-11-10-15-9-8-14(12-16(15)17)13-25-19-7-5-4-6-18(19)23-20(25)26/h4-9,12,17H,10-11,13H2,1-3H3,(H,23,26)(H,24,27). The van der Waals surface area contributed by atoms with Crippen LogP contribution in [-0.2, 0) is 17.7 Å². The Kier molecular flexibility index (Phi) is 4.49. The molecule has 28 heavy (non-hydrogen) atoms. The summed E-state index contributed by atoms with van der Waals surface area (Å²) in [5.74, 6) is 0. The van der Waals surface area contributed by atoms with Gasteiger partial charge in [0.05, 0.1) is 23.6 Å². The Bertz CT molecular complexity index is 1090. The van der Waals surface area contributed by atoms with Gasteiger partial charge < -0.3 is 15.0 Å². The van der Waals surface area contributed by atoms with Crippen LogP contribution in [0.3, 0.4) is 0 Å². The fraction of sp³-hybridized carbons (Fsp3) is 0.364. The van der Waals surface area contributed by atoms with E-state index in [0.717, 1.165) is 35.0 Å². The van der Waals surface area contributed by atoms with Gasteiger partial charge in [0.1, 0.15) is 5.60 Å². The van der Waals surface area contributed by atoms with E-state index in [-0.39, 0.29) is 11.7 Å². The summed E-state index contributed by atoms with van der Waals surface area (Å²) in [6.07, 6.45) is 1.37. The van der Waals surface area contributed by atoms with Gasteiger partial charge in [0.2, 0.25) is 0 Å². The molecule has 0 radical (unpaired) electrons. The Balaban J connectivity index is 1.58. The number of H-pyrrole nitrogens is 1. The average Bonchev–Trinajstić information content (AvgIpc) is 3.15. The molecule has 1 heterocycles. The van der Waals surface area contributed by atoms with Gasteiger partial charge in [0.15, 0.2) is 0 Å². The van der Waals surface area contributed by atoms with Gasteiger partial charge in [-0.25, -0.2) is 9.59 Å². The molecule has 1 aromatic heterocycles. The number of aryl methyl sites for hydroxylation is 1. The lowest BCUT2D eigenvalue weighted by Gasteiger charge is -2.22. The molecule has 0 aliphatic heterocycles. The average molecular weight is 379 g/mol. The summed E-state index contributed by atoms with van der Waals surface area (Å²) in [4.78, 5) is 27.4. The lowest BCUT2D eigenvalue weighted by Crippen LogP contribution is -2.34. The van der Waals surface area contributed by atoms with Crippen LogP contribution in [0, 0.1) is 0 Å². The van der Waals surface area contributed by atoms with Crippen LogP contribution in [0.25, 0.3) is 11.0 Å². The van der Waals surface area contributed by atoms with Crippen molar-refractivity contribution in [1.29, 1.82) is 0 Å². The number of carbonyl (C=O) groups excluding carboxylic acids is 1. The highest BCUT2D eigenvalue weighted by molar-refractivity contribution is 5.75. The number of amides is 1. The molecule has 0 fully saturated rings. The van der Waals surface area contributed by atoms with Gasteiger partial charge in [-0.3, -0.25) is 4.57 Å². The number of nitrogens with one attached hydrogen (secondary N) is 2. The molecule has 0 saturated carbocycles. The van der Waals surface area contributed by atoms with Crippen LogP contribution >= 0.6 is 0 Å². The molecule has 6 heteroatoms. The van der Waals surface area contributed by atoms with E-state index in [1.54, 1.807) is 4.57 Å². The molecular formula is C22H25N3O3. The molecule has 1 aliphatic rings. The number of alkyl carbamates (subject to hydrolysis) is 1. The van der Waals surface area contributed by atoms with E-state index in [0.29, 0.717) is 6.54 Å².